The molecule has 2 unspecified atom stereocenters. The summed E-state index contributed by atoms with van der Waals surface area (Å²) in [6.45, 7) is 5.34. The first kappa shape index (κ1) is 13.5. The van der Waals surface area contributed by atoms with E-state index in [4.69, 9.17) is 4.74 Å². The number of carbonyl (C=O) groups is 1. The zero-order valence-electron chi connectivity index (χ0n) is 11.7. The minimum Gasteiger partial charge on any atom is -0.378 e. The second kappa shape index (κ2) is 5.88. The van der Waals surface area contributed by atoms with Crippen molar-refractivity contribution in [3.8, 4) is 0 Å². The van der Waals surface area contributed by atoms with Crippen LogP contribution < -0.4 is 10.6 Å². The number of nitrogens with zero attached hydrogens (tertiary/aromatic N) is 3. The van der Waals surface area contributed by atoms with Crippen LogP contribution in [0.15, 0.2) is 6.20 Å². The maximum absolute atomic E-state index is 12.1. The van der Waals surface area contributed by atoms with Crippen molar-refractivity contribution in [2.75, 3.05) is 26.2 Å². The van der Waals surface area contributed by atoms with Gasteiger partial charge in [-0.1, -0.05) is 12.1 Å². The number of ether oxygens (including phenoxy) is 1. The third-order valence-electron chi connectivity index (χ3n) is 4.15. The van der Waals surface area contributed by atoms with Crippen LogP contribution in [0.1, 0.15) is 36.3 Å². The van der Waals surface area contributed by atoms with E-state index in [1.165, 1.54) is 0 Å². The molecule has 7 heteroatoms. The minimum atomic E-state index is -0.148. The van der Waals surface area contributed by atoms with Crippen molar-refractivity contribution < 1.29 is 9.53 Å². The normalized spacial score (nSPS) is 26.4. The highest BCUT2D eigenvalue weighted by molar-refractivity contribution is 5.91. The summed E-state index contributed by atoms with van der Waals surface area (Å²) in [6.07, 6.45) is 4.00. The third kappa shape index (κ3) is 2.69. The van der Waals surface area contributed by atoms with Crippen LogP contribution in [0.4, 0.5) is 0 Å². The molecule has 2 atom stereocenters. The highest BCUT2D eigenvalue weighted by Crippen LogP contribution is 2.22. The van der Waals surface area contributed by atoms with Crippen LogP contribution in [-0.4, -0.2) is 53.2 Å². The molecule has 0 spiro atoms. The Hall–Kier alpha value is -1.47. The number of aromatic nitrogens is 3. The van der Waals surface area contributed by atoms with E-state index in [1.807, 2.05) is 0 Å². The number of rotatable bonds is 5. The fourth-order valence-electron chi connectivity index (χ4n) is 2.71. The molecule has 7 nitrogen and oxygen atoms in total. The molecular formula is C13H21N5O2. The van der Waals surface area contributed by atoms with E-state index in [2.05, 4.69) is 27.9 Å². The van der Waals surface area contributed by atoms with E-state index in [0.717, 1.165) is 32.5 Å². The van der Waals surface area contributed by atoms with Gasteiger partial charge in [-0.05, 0) is 12.8 Å². The van der Waals surface area contributed by atoms with Crippen molar-refractivity contribution in [3.63, 3.8) is 0 Å². The van der Waals surface area contributed by atoms with Gasteiger partial charge in [0.1, 0.15) is 0 Å². The molecule has 110 valence electrons. The summed E-state index contributed by atoms with van der Waals surface area (Å²) >= 11 is 0. The van der Waals surface area contributed by atoms with Gasteiger partial charge in [0.05, 0.1) is 18.3 Å². The first-order valence-corrected chi connectivity index (χ1v) is 7.30. The van der Waals surface area contributed by atoms with Crippen LogP contribution in [0, 0.1) is 5.92 Å². The molecule has 3 heterocycles. The Balaban J connectivity index is 1.52. The van der Waals surface area contributed by atoms with E-state index in [-0.39, 0.29) is 12.0 Å². The monoisotopic (exact) mass is 279 g/mol. The SMILES string of the molecule is CCC1OCCC1CNC(=O)c1cn(C2CNC2)nn1. The molecule has 1 aromatic heterocycles. The molecule has 0 aliphatic carbocycles. The first-order chi connectivity index (χ1) is 9.78. The lowest BCUT2D eigenvalue weighted by molar-refractivity contribution is 0.0825. The maximum Gasteiger partial charge on any atom is 0.273 e. The highest BCUT2D eigenvalue weighted by atomic mass is 16.5. The van der Waals surface area contributed by atoms with E-state index < -0.39 is 0 Å². The molecule has 3 rings (SSSR count). The lowest BCUT2D eigenvalue weighted by atomic mass is 10.00. The van der Waals surface area contributed by atoms with Crippen LogP contribution in [0.2, 0.25) is 0 Å². The van der Waals surface area contributed by atoms with E-state index >= 15 is 0 Å². The molecule has 2 saturated heterocycles. The molecule has 1 amide bonds. The molecule has 0 aromatic carbocycles. The van der Waals surface area contributed by atoms with Gasteiger partial charge < -0.3 is 15.4 Å². The quantitative estimate of drug-likeness (QED) is 0.791. The Morgan fingerprint density at radius 3 is 3.15 bits per heavy atom. The van der Waals surface area contributed by atoms with Crippen LogP contribution >= 0.6 is 0 Å². The fourth-order valence-corrected chi connectivity index (χ4v) is 2.71. The average molecular weight is 279 g/mol. The van der Waals surface area contributed by atoms with Crippen molar-refractivity contribution in [1.82, 2.24) is 25.6 Å². The van der Waals surface area contributed by atoms with Crippen LogP contribution in [0.3, 0.4) is 0 Å². The van der Waals surface area contributed by atoms with Crippen molar-refractivity contribution in [2.24, 2.45) is 5.92 Å². The van der Waals surface area contributed by atoms with Crippen molar-refractivity contribution in [2.45, 2.75) is 31.9 Å². The van der Waals surface area contributed by atoms with Gasteiger partial charge in [0.25, 0.3) is 5.91 Å². The predicted molar refractivity (Wildman–Crippen MR) is 72.4 cm³/mol. The van der Waals surface area contributed by atoms with Gasteiger partial charge in [-0.2, -0.15) is 0 Å². The zero-order valence-corrected chi connectivity index (χ0v) is 11.7. The number of hydrogen-bond donors (Lipinski definition) is 2. The molecule has 0 radical (unpaired) electrons. The van der Waals surface area contributed by atoms with E-state index in [9.17, 15) is 4.79 Å². The van der Waals surface area contributed by atoms with Crippen LogP contribution in [0.5, 0.6) is 0 Å². The maximum atomic E-state index is 12.1. The summed E-state index contributed by atoms with van der Waals surface area (Å²) in [5, 5.41) is 14.1. The molecule has 1 aromatic rings. The Morgan fingerprint density at radius 2 is 2.45 bits per heavy atom. The van der Waals surface area contributed by atoms with Crippen molar-refractivity contribution in [1.29, 1.82) is 0 Å². The number of nitrogens with one attached hydrogen (secondary N) is 2. The molecule has 2 N–H and O–H groups in total. The second-order valence-corrected chi connectivity index (χ2v) is 5.47. The molecule has 20 heavy (non-hydrogen) atoms. The Labute approximate surface area is 118 Å². The smallest absolute Gasteiger partial charge is 0.273 e. The summed E-state index contributed by atoms with van der Waals surface area (Å²) in [7, 11) is 0. The van der Waals surface area contributed by atoms with Crippen molar-refractivity contribution >= 4 is 5.91 Å². The summed E-state index contributed by atoms with van der Waals surface area (Å²) < 4.78 is 7.38. The molecule has 0 saturated carbocycles. The average Bonchev–Trinajstić information content (AvgIpc) is 3.02. The van der Waals surface area contributed by atoms with E-state index in [1.54, 1.807) is 10.9 Å². The zero-order chi connectivity index (χ0) is 13.9. The van der Waals surface area contributed by atoms with Gasteiger partial charge >= 0.3 is 0 Å². The molecule has 0 bridgehead atoms. The van der Waals surface area contributed by atoms with Crippen LogP contribution in [-0.2, 0) is 4.74 Å². The van der Waals surface area contributed by atoms with Crippen molar-refractivity contribution in [3.05, 3.63) is 11.9 Å². The van der Waals surface area contributed by atoms with Gasteiger partial charge in [0, 0.05) is 32.2 Å². The van der Waals surface area contributed by atoms with Gasteiger partial charge in [-0.3, -0.25) is 4.79 Å². The topological polar surface area (TPSA) is 81.1 Å². The number of amides is 1. The Morgan fingerprint density at radius 1 is 1.60 bits per heavy atom. The summed E-state index contributed by atoms with van der Waals surface area (Å²) in [5.74, 6) is 0.264. The summed E-state index contributed by atoms with van der Waals surface area (Å²) in [5.41, 5.74) is 0.392. The van der Waals surface area contributed by atoms with Gasteiger partial charge in [-0.25, -0.2) is 4.68 Å². The van der Waals surface area contributed by atoms with Gasteiger partial charge in [0.2, 0.25) is 0 Å². The number of hydrogen-bond acceptors (Lipinski definition) is 5. The minimum absolute atomic E-state index is 0.148. The molecule has 2 aliphatic heterocycles. The Kier molecular flexibility index (Phi) is 3.98. The Bertz CT molecular complexity index is 471. The molecule has 2 aliphatic rings. The third-order valence-corrected chi connectivity index (χ3v) is 4.15. The summed E-state index contributed by atoms with van der Waals surface area (Å²) in [6, 6.07) is 0.330. The molecule has 2 fully saturated rings. The fraction of sp³-hybridized carbons (Fsp3) is 0.769. The molecular weight excluding hydrogens is 258 g/mol. The second-order valence-electron chi connectivity index (χ2n) is 5.47. The first-order valence-electron chi connectivity index (χ1n) is 7.30. The highest BCUT2D eigenvalue weighted by Gasteiger charge is 2.27. The lowest BCUT2D eigenvalue weighted by Crippen LogP contribution is -2.43. The van der Waals surface area contributed by atoms with Gasteiger partial charge in [0.15, 0.2) is 5.69 Å². The number of carbonyl (C=O) groups excluding carboxylic acids is 1. The predicted octanol–water partition coefficient (Wildman–Crippen LogP) is -0.0327. The standard InChI is InChI=1S/C13H21N5O2/c1-2-12-9(3-4-20-12)5-15-13(19)11-8-18(17-16-11)10-6-14-7-10/h8-10,12,14H,2-7H2,1H3,(H,15,19). The van der Waals surface area contributed by atoms with E-state index in [0.29, 0.717) is 24.2 Å². The van der Waals surface area contributed by atoms with Crippen LogP contribution in [0.25, 0.3) is 0 Å². The largest absolute Gasteiger partial charge is 0.378 e. The van der Waals surface area contributed by atoms with Gasteiger partial charge in [-0.15, -0.1) is 5.10 Å². The lowest BCUT2D eigenvalue weighted by Gasteiger charge is -2.26. The summed E-state index contributed by atoms with van der Waals surface area (Å²) in [4.78, 5) is 12.1.